The first-order valence-corrected chi connectivity index (χ1v) is 9.07. The first-order chi connectivity index (χ1) is 13.1. The SMILES string of the molecule is Cn1c(=O)c(=O)n(CCC(=O)NCCCc2ccccc2)c2ccccc21. The lowest BCUT2D eigenvalue weighted by Crippen LogP contribution is -2.41. The van der Waals surface area contributed by atoms with Crippen molar-refractivity contribution < 1.29 is 4.79 Å². The molecule has 6 nitrogen and oxygen atoms in total. The van der Waals surface area contributed by atoms with E-state index in [1.54, 1.807) is 19.2 Å². The number of carbonyl (C=O) groups excluding carboxylic acids is 1. The van der Waals surface area contributed by atoms with Crippen LogP contribution in [0.4, 0.5) is 0 Å². The second kappa shape index (κ2) is 8.49. The normalized spacial score (nSPS) is 10.9. The van der Waals surface area contributed by atoms with Gasteiger partial charge in [0.25, 0.3) is 0 Å². The molecule has 1 amide bonds. The number of para-hydroxylation sites is 2. The van der Waals surface area contributed by atoms with Gasteiger partial charge < -0.3 is 14.5 Å². The molecular weight excluding hydrogens is 342 g/mol. The van der Waals surface area contributed by atoms with E-state index in [1.165, 1.54) is 14.7 Å². The number of benzene rings is 2. The highest BCUT2D eigenvalue weighted by atomic mass is 16.2. The van der Waals surface area contributed by atoms with Crippen LogP contribution in [0.2, 0.25) is 0 Å². The number of nitrogens with zero attached hydrogens (tertiary/aromatic N) is 2. The van der Waals surface area contributed by atoms with E-state index in [1.807, 2.05) is 30.3 Å². The number of hydrogen-bond donors (Lipinski definition) is 1. The van der Waals surface area contributed by atoms with Crippen LogP contribution < -0.4 is 16.4 Å². The van der Waals surface area contributed by atoms with Gasteiger partial charge >= 0.3 is 11.1 Å². The van der Waals surface area contributed by atoms with Crippen LogP contribution in [-0.2, 0) is 24.8 Å². The Morgan fingerprint density at radius 1 is 0.926 bits per heavy atom. The quantitative estimate of drug-likeness (QED) is 0.513. The predicted molar refractivity (Wildman–Crippen MR) is 106 cm³/mol. The minimum Gasteiger partial charge on any atom is -0.356 e. The van der Waals surface area contributed by atoms with Gasteiger partial charge in [0.05, 0.1) is 11.0 Å². The van der Waals surface area contributed by atoms with E-state index >= 15 is 0 Å². The van der Waals surface area contributed by atoms with Gasteiger partial charge in [-0.15, -0.1) is 0 Å². The van der Waals surface area contributed by atoms with Crippen molar-refractivity contribution in [2.24, 2.45) is 7.05 Å². The molecule has 0 saturated heterocycles. The van der Waals surface area contributed by atoms with E-state index in [-0.39, 0.29) is 18.9 Å². The lowest BCUT2D eigenvalue weighted by atomic mass is 10.1. The third kappa shape index (κ3) is 4.34. The summed E-state index contributed by atoms with van der Waals surface area (Å²) in [6.45, 7) is 0.764. The molecule has 27 heavy (non-hydrogen) atoms. The van der Waals surface area contributed by atoms with Crippen LogP contribution in [0.25, 0.3) is 11.0 Å². The summed E-state index contributed by atoms with van der Waals surface area (Å²) in [5.74, 6) is -0.125. The fourth-order valence-corrected chi connectivity index (χ4v) is 3.14. The fourth-order valence-electron chi connectivity index (χ4n) is 3.14. The number of hydrogen-bond acceptors (Lipinski definition) is 3. The molecule has 1 heterocycles. The lowest BCUT2D eigenvalue weighted by Gasteiger charge is -2.12. The molecule has 6 heteroatoms. The Morgan fingerprint density at radius 3 is 2.33 bits per heavy atom. The number of fused-ring (bicyclic) bond motifs is 1. The first kappa shape index (κ1) is 18.6. The highest BCUT2D eigenvalue weighted by Gasteiger charge is 2.11. The molecule has 3 rings (SSSR count). The van der Waals surface area contributed by atoms with E-state index in [9.17, 15) is 14.4 Å². The number of aryl methyl sites for hydroxylation is 3. The Morgan fingerprint density at radius 2 is 1.59 bits per heavy atom. The Bertz CT molecular complexity index is 1050. The van der Waals surface area contributed by atoms with Gasteiger partial charge in [-0.2, -0.15) is 0 Å². The van der Waals surface area contributed by atoms with Crippen molar-refractivity contribution in [3.8, 4) is 0 Å². The van der Waals surface area contributed by atoms with Crippen LogP contribution in [0.15, 0.2) is 64.2 Å². The van der Waals surface area contributed by atoms with Crippen molar-refractivity contribution in [2.75, 3.05) is 6.54 Å². The summed E-state index contributed by atoms with van der Waals surface area (Å²) in [5, 5.41) is 2.88. The van der Waals surface area contributed by atoms with E-state index in [2.05, 4.69) is 17.4 Å². The van der Waals surface area contributed by atoms with Crippen molar-refractivity contribution in [1.29, 1.82) is 0 Å². The topological polar surface area (TPSA) is 73.1 Å². The first-order valence-electron chi connectivity index (χ1n) is 9.07. The number of nitrogens with one attached hydrogen (secondary N) is 1. The third-order valence-electron chi connectivity index (χ3n) is 4.64. The molecule has 0 aliphatic heterocycles. The second-order valence-corrected chi connectivity index (χ2v) is 6.50. The Balaban J connectivity index is 1.59. The molecule has 0 fully saturated rings. The average molecular weight is 365 g/mol. The zero-order valence-electron chi connectivity index (χ0n) is 15.4. The summed E-state index contributed by atoms with van der Waals surface area (Å²) < 4.78 is 2.74. The zero-order chi connectivity index (χ0) is 19.2. The molecule has 0 saturated carbocycles. The number of carbonyl (C=O) groups is 1. The standard InChI is InChI=1S/C21H23N3O3/c1-23-17-11-5-6-12-18(17)24(21(27)20(23)26)15-13-19(25)22-14-7-10-16-8-3-2-4-9-16/h2-6,8-9,11-12H,7,10,13-15H2,1H3,(H,22,25). The summed E-state index contributed by atoms with van der Waals surface area (Å²) >= 11 is 0. The molecule has 0 unspecified atom stereocenters. The van der Waals surface area contributed by atoms with Gasteiger partial charge in [-0.25, -0.2) is 0 Å². The molecular formula is C21H23N3O3. The molecule has 1 N–H and O–H groups in total. The van der Waals surface area contributed by atoms with E-state index < -0.39 is 11.1 Å². The highest BCUT2D eigenvalue weighted by molar-refractivity contribution is 5.77. The van der Waals surface area contributed by atoms with Crippen LogP contribution in [0.3, 0.4) is 0 Å². The van der Waals surface area contributed by atoms with Gasteiger partial charge in [-0.3, -0.25) is 14.4 Å². The number of rotatable bonds is 7. The van der Waals surface area contributed by atoms with Crippen molar-refractivity contribution in [2.45, 2.75) is 25.8 Å². The van der Waals surface area contributed by atoms with Gasteiger partial charge in [0.15, 0.2) is 0 Å². The van der Waals surface area contributed by atoms with E-state index in [0.717, 1.165) is 12.8 Å². The molecule has 2 aromatic carbocycles. The van der Waals surface area contributed by atoms with Crippen molar-refractivity contribution >= 4 is 16.9 Å². The van der Waals surface area contributed by atoms with Crippen LogP contribution >= 0.6 is 0 Å². The Labute approximate surface area is 157 Å². The van der Waals surface area contributed by atoms with Gasteiger partial charge in [-0.05, 0) is 30.5 Å². The summed E-state index contributed by atoms with van der Waals surface area (Å²) in [4.78, 5) is 36.6. The molecule has 0 atom stereocenters. The maximum absolute atomic E-state index is 12.3. The van der Waals surface area contributed by atoms with Crippen molar-refractivity contribution in [3.63, 3.8) is 0 Å². The maximum Gasteiger partial charge on any atom is 0.316 e. The largest absolute Gasteiger partial charge is 0.356 e. The minimum absolute atomic E-state index is 0.125. The summed E-state index contributed by atoms with van der Waals surface area (Å²) in [6, 6.07) is 17.3. The summed E-state index contributed by atoms with van der Waals surface area (Å²) in [5.41, 5.74) is 1.38. The van der Waals surface area contributed by atoms with Crippen LogP contribution in [-0.4, -0.2) is 21.6 Å². The zero-order valence-corrected chi connectivity index (χ0v) is 15.4. The lowest BCUT2D eigenvalue weighted by molar-refractivity contribution is -0.121. The van der Waals surface area contributed by atoms with E-state index in [0.29, 0.717) is 17.6 Å². The Kier molecular flexibility index (Phi) is 5.86. The van der Waals surface area contributed by atoms with Gasteiger partial charge in [0.2, 0.25) is 5.91 Å². The number of amides is 1. The summed E-state index contributed by atoms with van der Waals surface area (Å²) in [7, 11) is 1.58. The maximum atomic E-state index is 12.3. The van der Waals surface area contributed by atoms with Gasteiger partial charge in [0.1, 0.15) is 0 Å². The molecule has 1 aromatic heterocycles. The van der Waals surface area contributed by atoms with E-state index in [4.69, 9.17) is 0 Å². The summed E-state index contributed by atoms with van der Waals surface area (Å²) in [6.07, 6.45) is 1.91. The van der Waals surface area contributed by atoms with Crippen molar-refractivity contribution in [1.82, 2.24) is 14.5 Å². The molecule has 0 aliphatic carbocycles. The molecule has 0 aliphatic rings. The van der Waals surface area contributed by atoms with Crippen molar-refractivity contribution in [3.05, 3.63) is 80.9 Å². The minimum atomic E-state index is -0.604. The van der Waals surface area contributed by atoms with Crippen LogP contribution in [0, 0.1) is 0 Å². The smallest absolute Gasteiger partial charge is 0.316 e. The number of aromatic nitrogens is 2. The molecule has 0 radical (unpaired) electrons. The molecule has 0 spiro atoms. The highest BCUT2D eigenvalue weighted by Crippen LogP contribution is 2.09. The fraction of sp³-hybridized carbons (Fsp3) is 0.286. The third-order valence-corrected chi connectivity index (χ3v) is 4.64. The Hall–Kier alpha value is -3.15. The van der Waals surface area contributed by atoms with Crippen LogP contribution in [0.1, 0.15) is 18.4 Å². The average Bonchev–Trinajstić information content (AvgIpc) is 2.70. The molecule has 140 valence electrons. The van der Waals surface area contributed by atoms with Gasteiger partial charge in [-0.1, -0.05) is 42.5 Å². The monoisotopic (exact) mass is 365 g/mol. The molecule has 0 bridgehead atoms. The van der Waals surface area contributed by atoms with Gasteiger partial charge in [0, 0.05) is 26.6 Å². The second-order valence-electron chi connectivity index (χ2n) is 6.50. The molecule has 3 aromatic rings. The van der Waals surface area contributed by atoms with Crippen LogP contribution in [0.5, 0.6) is 0 Å². The predicted octanol–water partition coefficient (Wildman–Crippen LogP) is 1.84.